The number of benzene rings is 1. The van der Waals surface area contributed by atoms with Gasteiger partial charge in [0.2, 0.25) is 11.8 Å². The standard InChI is InChI=1S/C17H23FN2O2/c1-12(21)20-9-8-13(10-20)16(22)19-11-17(2,3)14-6-4-5-7-15(14)18/h4-7,13H,8-11H2,1-3H3,(H,19,22)/t13-/m0/s1. The van der Waals surface area contributed by atoms with Crippen molar-refractivity contribution in [3.05, 3.63) is 35.6 Å². The molecule has 0 radical (unpaired) electrons. The second kappa shape index (κ2) is 6.46. The van der Waals surface area contributed by atoms with Gasteiger partial charge in [-0.3, -0.25) is 9.59 Å². The molecule has 2 amide bonds. The number of rotatable bonds is 4. The summed E-state index contributed by atoms with van der Waals surface area (Å²) >= 11 is 0. The summed E-state index contributed by atoms with van der Waals surface area (Å²) in [6.45, 7) is 6.79. The Balaban J connectivity index is 1.94. The van der Waals surface area contributed by atoms with Gasteiger partial charge in [-0.2, -0.15) is 0 Å². The molecule has 22 heavy (non-hydrogen) atoms. The van der Waals surface area contributed by atoms with E-state index in [-0.39, 0.29) is 23.5 Å². The Morgan fingerprint density at radius 3 is 2.64 bits per heavy atom. The topological polar surface area (TPSA) is 49.4 Å². The highest BCUT2D eigenvalue weighted by atomic mass is 19.1. The first-order valence-corrected chi connectivity index (χ1v) is 7.59. The number of hydrogen-bond donors (Lipinski definition) is 1. The molecule has 120 valence electrons. The van der Waals surface area contributed by atoms with Crippen LogP contribution in [0.3, 0.4) is 0 Å². The van der Waals surface area contributed by atoms with Crippen molar-refractivity contribution in [3.63, 3.8) is 0 Å². The van der Waals surface area contributed by atoms with Crippen LogP contribution in [0, 0.1) is 11.7 Å². The highest BCUT2D eigenvalue weighted by Gasteiger charge is 2.31. The summed E-state index contributed by atoms with van der Waals surface area (Å²) in [5.74, 6) is -0.485. The van der Waals surface area contributed by atoms with Gasteiger partial charge in [-0.25, -0.2) is 4.39 Å². The molecule has 5 heteroatoms. The lowest BCUT2D eigenvalue weighted by Crippen LogP contribution is -2.41. The second-order valence-corrected chi connectivity index (χ2v) is 6.53. The zero-order valence-electron chi connectivity index (χ0n) is 13.4. The van der Waals surface area contributed by atoms with Crippen molar-refractivity contribution in [2.24, 2.45) is 5.92 Å². The number of carbonyl (C=O) groups is 2. The summed E-state index contributed by atoms with van der Waals surface area (Å²) in [5, 5.41) is 2.91. The van der Waals surface area contributed by atoms with Gasteiger partial charge < -0.3 is 10.2 Å². The van der Waals surface area contributed by atoms with Crippen LogP contribution in [-0.4, -0.2) is 36.3 Å². The predicted octanol–water partition coefficient (Wildman–Crippen LogP) is 2.09. The molecule has 1 aromatic carbocycles. The fraction of sp³-hybridized carbons (Fsp3) is 0.529. The highest BCUT2D eigenvalue weighted by molar-refractivity contribution is 5.81. The molecule has 1 aromatic rings. The smallest absolute Gasteiger partial charge is 0.224 e. The summed E-state index contributed by atoms with van der Waals surface area (Å²) in [6.07, 6.45) is 0.686. The van der Waals surface area contributed by atoms with Crippen molar-refractivity contribution in [3.8, 4) is 0 Å². The quantitative estimate of drug-likeness (QED) is 0.926. The fourth-order valence-corrected chi connectivity index (χ4v) is 2.82. The first kappa shape index (κ1) is 16.5. The molecule has 4 nitrogen and oxygen atoms in total. The van der Waals surface area contributed by atoms with Crippen LogP contribution in [0.4, 0.5) is 4.39 Å². The molecule has 0 spiro atoms. The molecule has 1 N–H and O–H groups in total. The van der Waals surface area contributed by atoms with Crippen LogP contribution in [0.1, 0.15) is 32.8 Å². The Labute approximate surface area is 130 Å². The minimum absolute atomic E-state index is 0.00184. The van der Waals surface area contributed by atoms with Crippen LogP contribution >= 0.6 is 0 Å². The lowest BCUT2D eigenvalue weighted by atomic mass is 9.84. The molecule has 0 saturated carbocycles. The van der Waals surface area contributed by atoms with E-state index in [4.69, 9.17) is 0 Å². The number of amides is 2. The van der Waals surface area contributed by atoms with Gasteiger partial charge in [0.05, 0.1) is 5.92 Å². The van der Waals surface area contributed by atoms with E-state index in [1.165, 1.54) is 13.0 Å². The maximum Gasteiger partial charge on any atom is 0.224 e. The van der Waals surface area contributed by atoms with E-state index in [1.54, 1.807) is 23.1 Å². The average molecular weight is 306 g/mol. The molecule has 1 heterocycles. The predicted molar refractivity (Wildman–Crippen MR) is 82.8 cm³/mol. The van der Waals surface area contributed by atoms with Gasteiger partial charge in [-0.15, -0.1) is 0 Å². The van der Waals surface area contributed by atoms with Gasteiger partial charge in [-0.05, 0) is 18.1 Å². The molecule has 0 unspecified atom stereocenters. The van der Waals surface area contributed by atoms with Crippen LogP contribution < -0.4 is 5.32 Å². The lowest BCUT2D eigenvalue weighted by Gasteiger charge is -2.26. The molecule has 0 aliphatic carbocycles. The normalized spacial score (nSPS) is 18.4. The van der Waals surface area contributed by atoms with Gasteiger partial charge in [-0.1, -0.05) is 32.0 Å². The largest absolute Gasteiger partial charge is 0.355 e. The Morgan fingerprint density at radius 1 is 1.36 bits per heavy atom. The number of nitrogens with one attached hydrogen (secondary N) is 1. The third-order valence-corrected chi connectivity index (χ3v) is 4.31. The number of likely N-dealkylation sites (tertiary alicyclic amines) is 1. The van der Waals surface area contributed by atoms with E-state index in [2.05, 4.69) is 5.32 Å². The molecule has 1 aliphatic rings. The van der Waals surface area contributed by atoms with Gasteiger partial charge in [0.1, 0.15) is 5.82 Å². The number of hydrogen-bond acceptors (Lipinski definition) is 2. The van der Waals surface area contributed by atoms with Crippen LogP contribution in [0.15, 0.2) is 24.3 Å². The number of carbonyl (C=O) groups excluding carboxylic acids is 2. The summed E-state index contributed by atoms with van der Waals surface area (Å²) in [5.41, 5.74) is 0.104. The van der Waals surface area contributed by atoms with E-state index in [0.29, 0.717) is 31.6 Å². The molecular formula is C17H23FN2O2. The van der Waals surface area contributed by atoms with Crippen molar-refractivity contribution in [1.29, 1.82) is 0 Å². The van der Waals surface area contributed by atoms with E-state index in [1.807, 2.05) is 13.8 Å². The maximum absolute atomic E-state index is 13.9. The van der Waals surface area contributed by atoms with E-state index in [0.717, 1.165) is 0 Å². The lowest BCUT2D eigenvalue weighted by molar-refractivity contribution is -0.128. The van der Waals surface area contributed by atoms with Crippen LogP contribution in [0.2, 0.25) is 0 Å². The monoisotopic (exact) mass is 306 g/mol. The molecular weight excluding hydrogens is 283 g/mol. The number of halogens is 1. The Kier molecular flexibility index (Phi) is 4.84. The third-order valence-electron chi connectivity index (χ3n) is 4.31. The Morgan fingerprint density at radius 2 is 2.05 bits per heavy atom. The minimum atomic E-state index is -0.486. The van der Waals surface area contributed by atoms with Crippen molar-refractivity contribution >= 4 is 11.8 Å². The van der Waals surface area contributed by atoms with Crippen molar-refractivity contribution in [2.75, 3.05) is 19.6 Å². The van der Waals surface area contributed by atoms with E-state index < -0.39 is 5.41 Å². The Bertz CT molecular complexity index is 572. The average Bonchev–Trinajstić information content (AvgIpc) is 2.95. The summed E-state index contributed by atoms with van der Waals surface area (Å²) in [4.78, 5) is 25.2. The summed E-state index contributed by atoms with van der Waals surface area (Å²) < 4.78 is 13.9. The first-order chi connectivity index (χ1) is 10.3. The molecule has 1 fully saturated rings. The van der Waals surface area contributed by atoms with Crippen LogP contribution in [0.25, 0.3) is 0 Å². The molecule has 2 rings (SSSR count). The molecule has 1 atom stereocenters. The zero-order chi connectivity index (χ0) is 16.3. The first-order valence-electron chi connectivity index (χ1n) is 7.59. The minimum Gasteiger partial charge on any atom is -0.355 e. The SMILES string of the molecule is CC(=O)N1CC[C@H](C(=O)NCC(C)(C)c2ccccc2F)C1. The van der Waals surface area contributed by atoms with Gasteiger partial charge in [0, 0.05) is 32.0 Å². The van der Waals surface area contributed by atoms with Crippen LogP contribution in [-0.2, 0) is 15.0 Å². The third kappa shape index (κ3) is 3.64. The van der Waals surface area contributed by atoms with Gasteiger partial charge >= 0.3 is 0 Å². The molecule has 1 saturated heterocycles. The molecule has 0 aromatic heterocycles. The van der Waals surface area contributed by atoms with Gasteiger partial charge in [0.15, 0.2) is 0 Å². The maximum atomic E-state index is 13.9. The van der Waals surface area contributed by atoms with Crippen molar-refractivity contribution in [1.82, 2.24) is 10.2 Å². The number of nitrogens with zero attached hydrogens (tertiary/aromatic N) is 1. The highest BCUT2D eigenvalue weighted by Crippen LogP contribution is 2.25. The van der Waals surface area contributed by atoms with E-state index in [9.17, 15) is 14.0 Å². The summed E-state index contributed by atoms with van der Waals surface area (Å²) in [6, 6.07) is 6.63. The molecule has 1 aliphatic heterocycles. The van der Waals surface area contributed by atoms with Gasteiger partial charge in [0.25, 0.3) is 0 Å². The van der Waals surface area contributed by atoms with Crippen molar-refractivity contribution in [2.45, 2.75) is 32.6 Å². The Hall–Kier alpha value is -1.91. The second-order valence-electron chi connectivity index (χ2n) is 6.53. The molecule has 0 bridgehead atoms. The van der Waals surface area contributed by atoms with E-state index >= 15 is 0 Å². The van der Waals surface area contributed by atoms with Crippen LogP contribution in [0.5, 0.6) is 0 Å². The fourth-order valence-electron chi connectivity index (χ4n) is 2.82. The summed E-state index contributed by atoms with van der Waals surface area (Å²) in [7, 11) is 0. The van der Waals surface area contributed by atoms with Crippen molar-refractivity contribution < 1.29 is 14.0 Å². The zero-order valence-corrected chi connectivity index (χ0v) is 13.4.